The van der Waals surface area contributed by atoms with Gasteiger partial charge in [-0.2, -0.15) is 0 Å². The van der Waals surface area contributed by atoms with Gasteiger partial charge < -0.3 is 20.8 Å². The molecule has 0 aromatic rings. The topological polar surface area (TPSA) is 116 Å². The highest BCUT2D eigenvalue weighted by Gasteiger charge is 2.12. The van der Waals surface area contributed by atoms with E-state index in [9.17, 15) is 13.8 Å². The highest BCUT2D eigenvalue weighted by molar-refractivity contribution is 7.84. The van der Waals surface area contributed by atoms with Crippen LogP contribution in [0.3, 0.4) is 0 Å². The van der Waals surface area contributed by atoms with Gasteiger partial charge in [0, 0.05) is 41.8 Å². The van der Waals surface area contributed by atoms with E-state index in [1.807, 2.05) is 6.92 Å². The van der Waals surface area contributed by atoms with Crippen LogP contribution in [0.2, 0.25) is 0 Å². The summed E-state index contributed by atoms with van der Waals surface area (Å²) in [7, 11) is -0.912. The van der Waals surface area contributed by atoms with Gasteiger partial charge >= 0.3 is 12.0 Å². The summed E-state index contributed by atoms with van der Waals surface area (Å²) in [5.41, 5.74) is 0. The number of aliphatic hydroxyl groups excluding tert-OH is 1. The van der Waals surface area contributed by atoms with Gasteiger partial charge in [0.2, 0.25) is 0 Å². The van der Waals surface area contributed by atoms with Crippen LogP contribution in [0.4, 0.5) is 4.79 Å². The molecule has 7 nitrogen and oxygen atoms in total. The molecule has 0 heterocycles. The molecule has 0 aliphatic rings. The maximum Gasteiger partial charge on any atom is 0.332 e. The second-order valence-corrected chi connectivity index (χ2v) is 5.73. The Hall–Kier alpha value is -1.15. The average molecular weight is 280 g/mol. The molecule has 0 aliphatic carbocycles. The highest BCUT2D eigenvalue weighted by Crippen LogP contribution is 1.97. The highest BCUT2D eigenvalue weighted by atomic mass is 32.2. The Labute approximate surface area is 108 Å². The molecule has 0 saturated carbocycles. The van der Waals surface area contributed by atoms with E-state index in [-0.39, 0.29) is 18.2 Å². The molecule has 106 valence electrons. The van der Waals surface area contributed by atoms with Crippen molar-refractivity contribution in [1.29, 1.82) is 0 Å². The van der Waals surface area contributed by atoms with E-state index in [2.05, 4.69) is 10.6 Å². The van der Waals surface area contributed by atoms with Crippen LogP contribution in [0.25, 0.3) is 0 Å². The first-order valence-corrected chi connectivity index (χ1v) is 7.21. The minimum absolute atomic E-state index is 0.0131. The molecule has 0 aliphatic heterocycles. The van der Waals surface area contributed by atoms with Crippen LogP contribution in [0.5, 0.6) is 0 Å². The standard InChI is InChI=1S/C10H20N2O5S/c1-7(18(2)17)3-5-11-10(16)12-6-4-8(13)9(14)15/h7-8,13H,3-6H2,1-2H3,(H,14,15)(H2,11,12,16)/t7?,8-,18?/m0/s1. The van der Waals surface area contributed by atoms with Crippen LogP contribution < -0.4 is 10.6 Å². The normalized spacial score (nSPS) is 15.5. The van der Waals surface area contributed by atoms with E-state index in [4.69, 9.17) is 10.2 Å². The van der Waals surface area contributed by atoms with Gasteiger partial charge in [0.1, 0.15) is 0 Å². The van der Waals surface area contributed by atoms with Crippen molar-refractivity contribution in [3.63, 3.8) is 0 Å². The van der Waals surface area contributed by atoms with E-state index < -0.39 is 28.9 Å². The molecular weight excluding hydrogens is 260 g/mol. The first kappa shape index (κ1) is 16.9. The number of carbonyl (C=O) groups excluding carboxylic acids is 1. The molecule has 0 aromatic carbocycles. The summed E-state index contributed by atoms with van der Waals surface area (Å²) in [6.07, 6.45) is 0.706. The zero-order valence-corrected chi connectivity index (χ0v) is 11.3. The third-order valence-electron chi connectivity index (χ3n) is 2.39. The number of hydrogen-bond donors (Lipinski definition) is 4. The number of carboxylic acids is 1. The van der Waals surface area contributed by atoms with Crippen molar-refractivity contribution in [3.8, 4) is 0 Å². The summed E-state index contributed by atoms with van der Waals surface area (Å²) in [4.78, 5) is 21.5. The van der Waals surface area contributed by atoms with Crippen LogP contribution in [0, 0.1) is 0 Å². The molecule has 0 fully saturated rings. The molecule has 8 heteroatoms. The lowest BCUT2D eigenvalue weighted by molar-refractivity contribution is -0.146. The van der Waals surface area contributed by atoms with E-state index in [0.717, 1.165) is 0 Å². The van der Waals surface area contributed by atoms with E-state index in [0.29, 0.717) is 13.0 Å². The van der Waals surface area contributed by atoms with Crippen molar-refractivity contribution >= 4 is 22.8 Å². The van der Waals surface area contributed by atoms with Crippen LogP contribution in [0.15, 0.2) is 0 Å². The SMILES string of the molecule is CC(CCNC(=O)NCC[C@H](O)C(=O)O)S(C)=O. The van der Waals surface area contributed by atoms with Gasteiger partial charge in [-0.05, 0) is 6.42 Å². The Morgan fingerprint density at radius 3 is 2.17 bits per heavy atom. The fourth-order valence-electron chi connectivity index (χ4n) is 1.06. The molecule has 0 spiro atoms. The first-order chi connectivity index (χ1) is 8.34. The lowest BCUT2D eigenvalue weighted by Crippen LogP contribution is -2.38. The fourth-order valence-corrected chi connectivity index (χ4v) is 1.51. The molecule has 2 unspecified atom stereocenters. The lowest BCUT2D eigenvalue weighted by Gasteiger charge is -2.11. The zero-order chi connectivity index (χ0) is 14.1. The van der Waals surface area contributed by atoms with Crippen LogP contribution in [0.1, 0.15) is 19.8 Å². The van der Waals surface area contributed by atoms with E-state index in [1.54, 1.807) is 6.26 Å². The molecule has 0 radical (unpaired) electrons. The van der Waals surface area contributed by atoms with E-state index in [1.165, 1.54) is 0 Å². The minimum atomic E-state index is -1.46. The summed E-state index contributed by atoms with van der Waals surface area (Å²) >= 11 is 0. The zero-order valence-electron chi connectivity index (χ0n) is 10.5. The number of aliphatic carboxylic acids is 1. The van der Waals surface area contributed by atoms with Crippen molar-refractivity contribution in [1.82, 2.24) is 10.6 Å². The molecule has 0 bridgehead atoms. The second-order valence-electron chi connectivity index (χ2n) is 3.92. The predicted molar refractivity (Wildman–Crippen MR) is 67.8 cm³/mol. The molecular formula is C10H20N2O5S. The Balaban J connectivity index is 3.61. The van der Waals surface area contributed by atoms with Gasteiger partial charge in [-0.1, -0.05) is 6.92 Å². The largest absolute Gasteiger partial charge is 0.479 e. The van der Waals surface area contributed by atoms with Gasteiger partial charge in [0.25, 0.3) is 0 Å². The summed E-state index contributed by atoms with van der Waals surface area (Å²) in [6.45, 7) is 2.31. The van der Waals surface area contributed by atoms with E-state index >= 15 is 0 Å². The Morgan fingerprint density at radius 1 is 1.22 bits per heavy atom. The molecule has 18 heavy (non-hydrogen) atoms. The van der Waals surface area contributed by atoms with Crippen LogP contribution in [-0.2, 0) is 15.6 Å². The molecule has 2 amide bonds. The third kappa shape index (κ3) is 8.02. The van der Waals surface area contributed by atoms with Gasteiger partial charge in [-0.15, -0.1) is 0 Å². The number of hydrogen-bond acceptors (Lipinski definition) is 4. The number of carbonyl (C=O) groups is 2. The first-order valence-electron chi connectivity index (χ1n) is 5.59. The van der Waals surface area contributed by atoms with Crippen molar-refractivity contribution < 1.29 is 24.0 Å². The number of carboxylic acid groups (broad SMARTS) is 1. The minimum Gasteiger partial charge on any atom is -0.479 e. The quantitative estimate of drug-likeness (QED) is 0.468. The summed E-state index contributed by atoms with van der Waals surface area (Å²) < 4.78 is 11.0. The second kappa shape index (κ2) is 8.87. The van der Waals surface area contributed by atoms with Gasteiger partial charge in [-0.3, -0.25) is 4.21 Å². The number of rotatable bonds is 8. The molecule has 3 atom stereocenters. The number of nitrogens with one attached hydrogen (secondary N) is 2. The predicted octanol–water partition coefficient (Wildman–Crippen LogP) is -0.722. The monoisotopic (exact) mass is 280 g/mol. The molecule has 0 aromatic heterocycles. The van der Waals surface area contributed by atoms with Crippen molar-refractivity contribution in [2.45, 2.75) is 31.1 Å². The van der Waals surface area contributed by atoms with Crippen LogP contribution in [-0.4, -0.2) is 57.1 Å². The molecule has 4 N–H and O–H groups in total. The Kier molecular flexibility index (Phi) is 8.30. The molecule has 0 saturated heterocycles. The van der Waals surface area contributed by atoms with Crippen molar-refractivity contribution in [2.24, 2.45) is 0 Å². The van der Waals surface area contributed by atoms with Crippen LogP contribution >= 0.6 is 0 Å². The lowest BCUT2D eigenvalue weighted by atomic mass is 10.2. The van der Waals surface area contributed by atoms with Gasteiger partial charge in [0.05, 0.1) is 0 Å². The van der Waals surface area contributed by atoms with Gasteiger partial charge in [-0.25, -0.2) is 9.59 Å². The fraction of sp³-hybridized carbons (Fsp3) is 0.800. The summed E-state index contributed by atoms with van der Waals surface area (Å²) in [5.74, 6) is -1.31. The summed E-state index contributed by atoms with van der Waals surface area (Å²) in [5, 5.41) is 22.3. The van der Waals surface area contributed by atoms with Gasteiger partial charge in [0.15, 0.2) is 6.10 Å². The maximum atomic E-state index is 11.2. The van der Waals surface area contributed by atoms with Crippen molar-refractivity contribution in [3.05, 3.63) is 0 Å². The van der Waals surface area contributed by atoms with Crippen molar-refractivity contribution in [2.75, 3.05) is 19.3 Å². The number of aliphatic hydroxyl groups is 1. The average Bonchev–Trinajstić information content (AvgIpc) is 2.28. The maximum absolute atomic E-state index is 11.2. The summed E-state index contributed by atoms with van der Waals surface area (Å²) in [6, 6.07) is -0.429. The number of amides is 2. The number of urea groups is 1. The Bertz CT molecular complexity index is 283. The Morgan fingerprint density at radius 2 is 1.72 bits per heavy atom. The molecule has 0 rings (SSSR count). The smallest absolute Gasteiger partial charge is 0.332 e. The third-order valence-corrected chi connectivity index (χ3v) is 3.76.